The van der Waals surface area contributed by atoms with Crippen molar-refractivity contribution in [3.63, 3.8) is 0 Å². The van der Waals surface area contributed by atoms with E-state index in [1.807, 2.05) is 26.0 Å². The number of hydrogen-bond acceptors (Lipinski definition) is 4. The van der Waals surface area contributed by atoms with Crippen molar-refractivity contribution in [1.29, 1.82) is 0 Å². The highest BCUT2D eigenvalue weighted by molar-refractivity contribution is 7.91. The highest BCUT2D eigenvalue weighted by Crippen LogP contribution is 2.15. The Labute approximate surface area is 167 Å². The fraction of sp³-hybridized carbons (Fsp3) is 0.391. The Kier molecular flexibility index (Phi) is 7.30. The summed E-state index contributed by atoms with van der Waals surface area (Å²) in [4.78, 5) is 24.6. The van der Waals surface area contributed by atoms with Gasteiger partial charge in [-0.05, 0) is 30.9 Å². The fourth-order valence-corrected chi connectivity index (χ4v) is 3.76. The summed E-state index contributed by atoms with van der Waals surface area (Å²) in [5.74, 6) is 0.358. The van der Waals surface area contributed by atoms with Crippen LogP contribution in [0.25, 0.3) is 0 Å². The Morgan fingerprint density at radius 1 is 0.750 bits per heavy atom. The molecule has 0 aliphatic heterocycles. The monoisotopic (exact) mass is 400 g/mol. The van der Waals surface area contributed by atoms with Gasteiger partial charge < -0.3 is 0 Å². The highest BCUT2D eigenvalue weighted by Gasteiger charge is 2.17. The zero-order chi connectivity index (χ0) is 20.9. The zero-order valence-corrected chi connectivity index (χ0v) is 17.8. The molecule has 0 atom stereocenters. The molecule has 0 aromatic heterocycles. The second kappa shape index (κ2) is 9.28. The summed E-state index contributed by atoms with van der Waals surface area (Å²) in [6, 6.07) is 13.9. The van der Waals surface area contributed by atoms with Crippen LogP contribution < -0.4 is 0 Å². The van der Waals surface area contributed by atoms with Crippen molar-refractivity contribution in [2.24, 2.45) is 5.92 Å². The first kappa shape index (κ1) is 22.0. The summed E-state index contributed by atoms with van der Waals surface area (Å²) >= 11 is 0. The van der Waals surface area contributed by atoms with E-state index < -0.39 is 15.1 Å². The Bertz CT molecular complexity index is 922. The molecule has 4 nitrogen and oxygen atoms in total. The lowest BCUT2D eigenvalue weighted by atomic mass is 9.98. The Morgan fingerprint density at radius 3 is 1.68 bits per heavy atom. The molecule has 0 unspecified atom stereocenters. The maximum Gasteiger partial charge on any atom is 0.167 e. The zero-order valence-electron chi connectivity index (χ0n) is 16.9. The van der Waals surface area contributed by atoms with E-state index in [0.29, 0.717) is 29.0 Å². The SMILES string of the molecule is CC(C)CC(=O)c1ccc(CC(=O)c2ccc(CS(=O)(=O)C(C)C)cc2)cc1. The van der Waals surface area contributed by atoms with E-state index in [1.165, 1.54) is 0 Å². The van der Waals surface area contributed by atoms with Gasteiger partial charge in [0.15, 0.2) is 21.4 Å². The number of sulfone groups is 1. The normalized spacial score (nSPS) is 11.8. The molecular weight excluding hydrogens is 372 g/mol. The number of hydrogen-bond donors (Lipinski definition) is 0. The molecule has 0 fully saturated rings. The van der Waals surface area contributed by atoms with E-state index in [9.17, 15) is 18.0 Å². The largest absolute Gasteiger partial charge is 0.294 e. The van der Waals surface area contributed by atoms with Crippen LogP contribution in [0.1, 0.15) is 66.0 Å². The van der Waals surface area contributed by atoms with E-state index in [4.69, 9.17) is 0 Å². The Hall–Kier alpha value is -2.27. The quantitative estimate of drug-likeness (QED) is 0.574. The van der Waals surface area contributed by atoms with Gasteiger partial charge in [0.25, 0.3) is 0 Å². The maximum absolute atomic E-state index is 12.5. The van der Waals surface area contributed by atoms with Gasteiger partial charge >= 0.3 is 0 Å². The van der Waals surface area contributed by atoms with E-state index in [-0.39, 0.29) is 23.7 Å². The number of rotatable bonds is 9. The van der Waals surface area contributed by atoms with Crippen LogP contribution >= 0.6 is 0 Å². The minimum atomic E-state index is -3.16. The topological polar surface area (TPSA) is 68.3 Å². The van der Waals surface area contributed by atoms with E-state index in [1.54, 1.807) is 50.2 Å². The summed E-state index contributed by atoms with van der Waals surface area (Å²) in [7, 11) is -3.16. The molecule has 0 saturated heterocycles. The van der Waals surface area contributed by atoms with Gasteiger partial charge in [-0.15, -0.1) is 0 Å². The molecular formula is C23H28O4S. The highest BCUT2D eigenvalue weighted by atomic mass is 32.2. The van der Waals surface area contributed by atoms with Gasteiger partial charge in [-0.2, -0.15) is 0 Å². The lowest BCUT2D eigenvalue weighted by Crippen LogP contribution is -2.16. The molecule has 0 N–H and O–H groups in total. The molecule has 2 aromatic carbocycles. The third kappa shape index (κ3) is 6.13. The molecule has 28 heavy (non-hydrogen) atoms. The van der Waals surface area contributed by atoms with Crippen molar-refractivity contribution < 1.29 is 18.0 Å². The number of carbonyl (C=O) groups excluding carboxylic acids is 2. The van der Waals surface area contributed by atoms with Crippen LogP contribution in [0.2, 0.25) is 0 Å². The number of benzene rings is 2. The molecule has 0 aliphatic rings. The molecule has 0 radical (unpaired) electrons. The molecule has 0 spiro atoms. The fourth-order valence-electron chi connectivity index (χ4n) is 2.77. The molecule has 0 heterocycles. The van der Waals surface area contributed by atoms with Gasteiger partial charge in [-0.1, -0.05) is 62.4 Å². The maximum atomic E-state index is 12.5. The smallest absolute Gasteiger partial charge is 0.167 e. The van der Waals surface area contributed by atoms with Crippen molar-refractivity contribution in [2.75, 3.05) is 0 Å². The third-order valence-corrected chi connectivity index (χ3v) is 6.77. The third-order valence-electron chi connectivity index (χ3n) is 4.60. The molecule has 0 amide bonds. The predicted molar refractivity (Wildman–Crippen MR) is 112 cm³/mol. The van der Waals surface area contributed by atoms with Crippen molar-refractivity contribution in [2.45, 2.75) is 51.5 Å². The first-order chi connectivity index (χ1) is 13.1. The summed E-state index contributed by atoms with van der Waals surface area (Å²) in [6.45, 7) is 7.34. The van der Waals surface area contributed by atoms with Gasteiger partial charge in [-0.25, -0.2) is 8.42 Å². The molecule has 0 bridgehead atoms. The van der Waals surface area contributed by atoms with Crippen LogP contribution in [0.3, 0.4) is 0 Å². The van der Waals surface area contributed by atoms with Crippen LogP contribution in [-0.4, -0.2) is 25.2 Å². The first-order valence-electron chi connectivity index (χ1n) is 9.54. The van der Waals surface area contributed by atoms with Crippen LogP contribution in [0.4, 0.5) is 0 Å². The van der Waals surface area contributed by atoms with Crippen LogP contribution in [-0.2, 0) is 22.0 Å². The summed E-state index contributed by atoms with van der Waals surface area (Å²) in [5.41, 5.74) is 2.74. The standard InChI is InChI=1S/C23H28O4S/c1-16(2)13-22(24)20-9-5-18(6-10-20)14-23(25)21-11-7-19(8-12-21)15-28(26,27)17(3)4/h5-12,16-17H,13-15H2,1-4H3. The van der Waals surface area contributed by atoms with Crippen molar-refractivity contribution >= 4 is 21.4 Å². The minimum Gasteiger partial charge on any atom is -0.294 e. The van der Waals surface area contributed by atoms with Gasteiger partial charge in [-0.3, -0.25) is 9.59 Å². The van der Waals surface area contributed by atoms with Crippen molar-refractivity contribution in [3.05, 3.63) is 70.8 Å². The van der Waals surface area contributed by atoms with Crippen LogP contribution in [0.15, 0.2) is 48.5 Å². The van der Waals surface area contributed by atoms with Crippen molar-refractivity contribution in [3.8, 4) is 0 Å². The van der Waals surface area contributed by atoms with Gasteiger partial charge in [0.05, 0.1) is 11.0 Å². The van der Waals surface area contributed by atoms with Crippen molar-refractivity contribution in [1.82, 2.24) is 0 Å². The summed E-state index contributed by atoms with van der Waals surface area (Å²) in [6.07, 6.45) is 0.749. The summed E-state index contributed by atoms with van der Waals surface area (Å²) < 4.78 is 24.0. The summed E-state index contributed by atoms with van der Waals surface area (Å²) in [5, 5.41) is -0.427. The van der Waals surface area contributed by atoms with E-state index in [2.05, 4.69) is 0 Å². The molecule has 0 saturated carbocycles. The number of Topliss-reactive ketones (excluding diaryl/α,β-unsaturated/α-hetero) is 2. The molecule has 0 aliphatic carbocycles. The lowest BCUT2D eigenvalue weighted by molar-refractivity contribution is 0.0966. The first-order valence-corrected chi connectivity index (χ1v) is 11.3. The molecule has 150 valence electrons. The average molecular weight is 401 g/mol. The van der Waals surface area contributed by atoms with Gasteiger partial charge in [0.1, 0.15) is 0 Å². The van der Waals surface area contributed by atoms with Crippen LogP contribution in [0.5, 0.6) is 0 Å². The molecule has 2 aromatic rings. The number of carbonyl (C=O) groups is 2. The lowest BCUT2D eigenvalue weighted by Gasteiger charge is -2.08. The molecule has 2 rings (SSSR count). The second-order valence-corrected chi connectivity index (χ2v) is 10.4. The number of ketones is 2. The average Bonchev–Trinajstić information content (AvgIpc) is 2.61. The minimum absolute atomic E-state index is 0.0228. The van der Waals surface area contributed by atoms with E-state index >= 15 is 0 Å². The predicted octanol–water partition coefficient (Wildman–Crippen LogP) is 4.66. The molecule has 5 heteroatoms. The second-order valence-electron chi connectivity index (χ2n) is 7.87. The Balaban J connectivity index is 2.02. The van der Waals surface area contributed by atoms with Gasteiger partial charge in [0.2, 0.25) is 0 Å². The van der Waals surface area contributed by atoms with Crippen LogP contribution in [0, 0.1) is 5.92 Å². The van der Waals surface area contributed by atoms with Gasteiger partial charge in [0, 0.05) is 24.0 Å². The van der Waals surface area contributed by atoms with E-state index in [0.717, 1.165) is 5.56 Å². The Morgan fingerprint density at radius 2 is 1.21 bits per heavy atom.